The van der Waals surface area contributed by atoms with Gasteiger partial charge in [0.15, 0.2) is 0 Å². The number of fused-ring (bicyclic) bond motifs is 1. The summed E-state index contributed by atoms with van der Waals surface area (Å²) in [6, 6.07) is 13.7. The summed E-state index contributed by atoms with van der Waals surface area (Å²) >= 11 is 6.14. The van der Waals surface area contributed by atoms with E-state index in [9.17, 15) is 22.4 Å². The van der Waals surface area contributed by atoms with Gasteiger partial charge < -0.3 is 19.1 Å². The highest BCUT2D eigenvalue weighted by Crippen LogP contribution is 2.34. The van der Waals surface area contributed by atoms with Crippen LogP contribution in [-0.2, 0) is 19.3 Å². The molecule has 0 unspecified atom stereocenters. The van der Waals surface area contributed by atoms with Crippen molar-refractivity contribution in [2.24, 2.45) is 0 Å². The van der Waals surface area contributed by atoms with Gasteiger partial charge in [0.2, 0.25) is 0 Å². The van der Waals surface area contributed by atoms with Gasteiger partial charge in [-0.2, -0.15) is 13.2 Å². The van der Waals surface area contributed by atoms with Gasteiger partial charge in [0.1, 0.15) is 23.9 Å². The molecule has 1 aromatic heterocycles. The Balaban J connectivity index is 1.60. The molecule has 0 spiro atoms. The van der Waals surface area contributed by atoms with Crippen molar-refractivity contribution in [3.63, 3.8) is 0 Å². The maximum atomic E-state index is 13.4. The van der Waals surface area contributed by atoms with E-state index >= 15 is 0 Å². The first-order valence-electron chi connectivity index (χ1n) is 9.86. The highest BCUT2D eigenvalue weighted by Gasteiger charge is 2.34. The lowest BCUT2D eigenvalue weighted by Crippen LogP contribution is -2.12. The molecule has 0 radical (unpaired) electrons. The average Bonchev–Trinajstić information content (AvgIpc) is 3.14. The Morgan fingerprint density at radius 2 is 1.79 bits per heavy atom. The van der Waals surface area contributed by atoms with Crippen molar-refractivity contribution >= 4 is 28.7 Å². The van der Waals surface area contributed by atoms with Crippen molar-refractivity contribution in [1.82, 2.24) is 4.57 Å². The van der Waals surface area contributed by atoms with E-state index in [1.54, 1.807) is 42.6 Å². The Morgan fingerprint density at radius 1 is 1.00 bits per heavy atom. The molecule has 4 aromatic rings. The number of halogens is 5. The van der Waals surface area contributed by atoms with Crippen molar-refractivity contribution in [2.75, 3.05) is 0 Å². The fraction of sp³-hybridized carbons (Fsp3) is 0.125. The van der Waals surface area contributed by atoms with E-state index in [2.05, 4.69) is 4.74 Å². The van der Waals surface area contributed by atoms with Crippen LogP contribution < -0.4 is 9.47 Å². The second-order valence-electron chi connectivity index (χ2n) is 7.37. The Bertz CT molecular complexity index is 1370. The number of aromatic nitrogens is 1. The minimum atomic E-state index is -4.73. The predicted molar refractivity (Wildman–Crippen MR) is 117 cm³/mol. The van der Waals surface area contributed by atoms with Crippen LogP contribution in [0.4, 0.5) is 22.4 Å². The zero-order valence-electron chi connectivity index (χ0n) is 17.3. The highest BCUT2D eigenvalue weighted by atomic mass is 35.5. The van der Waals surface area contributed by atoms with Gasteiger partial charge >= 0.3 is 12.3 Å². The fourth-order valence-corrected chi connectivity index (χ4v) is 3.76. The molecule has 176 valence electrons. The van der Waals surface area contributed by atoms with Crippen LogP contribution in [0.25, 0.3) is 10.9 Å². The maximum absolute atomic E-state index is 13.4. The molecule has 0 aliphatic carbocycles. The molecule has 0 bridgehead atoms. The predicted octanol–water partition coefficient (Wildman–Crippen LogP) is 7.14. The summed E-state index contributed by atoms with van der Waals surface area (Å²) in [5.74, 6) is -0.501. The van der Waals surface area contributed by atoms with Crippen LogP contribution >= 0.6 is 11.6 Å². The summed E-state index contributed by atoms with van der Waals surface area (Å²) in [5.41, 5.74) is 0.0686. The van der Waals surface area contributed by atoms with Crippen LogP contribution in [0.2, 0.25) is 5.02 Å². The van der Waals surface area contributed by atoms with E-state index < -0.39 is 30.3 Å². The van der Waals surface area contributed by atoms with Gasteiger partial charge in [-0.1, -0.05) is 17.7 Å². The molecule has 10 heteroatoms. The van der Waals surface area contributed by atoms with Crippen LogP contribution in [0.5, 0.6) is 11.5 Å². The van der Waals surface area contributed by atoms with Crippen LogP contribution in [0.1, 0.15) is 16.7 Å². The molecule has 5 nitrogen and oxygen atoms in total. The van der Waals surface area contributed by atoms with Gasteiger partial charge in [0, 0.05) is 33.2 Å². The monoisotopic (exact) mass is 493 g/mol. The van der Waals surface area contributed by atoms with Crippen molar-refractivity contribution in [3.05, 3.63) is 94.4 Å². The van der Waals surface area contributed by atoms with Crippen LogP contribution in [-0.4, -0.2) is 15.8 Å². The highest BCUT2D eigenvalue weighted by molar-refractivity contribution is 6.30. The number of benzene rings is 3. The quantitative estimate of drug-likeness (QED) is 0.176. The smallest absolute Gasteiger partial charge is 0.489 e. The molecule has 34 heavy (non-hydrogen) atoms. The number of hydrogen-bond acceptors (Lipinski definition) is 3. The molecule has 0 fully saturated rings. The lowest BCUT2D eigenvalue weighted by atomic mass is 10.1. The molecule has 0 aliphatic heterocycles. The minimum Gasteiger partial charge on any atom is -0.489 e. The third-order valence-electron chi connectivity index (χ3n) is 5.07. The molecular weight excluding hydrogens is 478 g/mol. The zero-order valence-corrected chi connectivity index (χ0v) is 18.0. The first-order chi connectivity index (χ1) is 16.1. The normalized spacial score (nSPS) is 11.6. The first kappa shape index (κ1) is 23.4. The maximum Gasteiger partial charge on any atom is 0.511 e. The summed E-state index contributed by atoms with van der Waals surface area (Å²) in [6.07, 6.45) is -4.38. The van der Waals surface area contributed by atoms with E-state index in [-0.39, 0.29) is 17.9 Å². The summed E-state index contributed by atoms with van der Waals surface area (Å²) in [7, 11) is 0. The number of alkyl halides is 3. The Kier molecular flexibility index (Phi) is 6.39. The van der Waals surface area contributed by atoms with Crippen molar-refractivity contribution < 1.29 is 36.9 Å². The largest absolute Gasteiger partial charge is 0.511 e. The third-order valence-corrected chi connectivity index (χ3v) is 5.31. The number of ether oxygens (including phenoxy) is 2. The van der Waals surface area contributed by atoms with Crippen LogP contribution in [0.3, 0.4) is 0 Å². The molecule has 0 atom stereocenters. The van der Waals surface area contributed by atoms with Crippen molar-refractivity contribution in [1.29, 1.82) is 0 Å². The topological polar surface area (TPSA) is 60.7 Å². The summed E-state index contributed by atoms with van der Waals surface area (Å²) in [5, 5.41) is 9.91. The van der Waals surface area contributed by atoms with E-state index in [4.69, 9.17) is 21.4 Å². The lowest BCUT2D eigenvalue weighted by molar-refractivity contribution is -0.138. The van der Waals surface area contributed by atoms with Crippen molar-refractivity contribution in [3.8, 4) is 11.5 Å². The molecule has 0 saturated carbocycles. The fourth-order valence-electron chi connectivity index (χ4n) is 3.57. The molecule has 1 heterocycles. The minimum absolute atomic E-state index is 0.171. The second kappa shape index (κ2) is 9.26. The molecule has 4 rings (SSSR count). The first-order valence-corrected chi connectivity index (χ1v) is 10.2. The van der Waals surface area contributed by atoms with Gasteiger partial charge in [0.05, 0.1) is 12.1 Å². The molecule has 3 aromatic carbocycles. The summed E-state index contributed by atoms with van der Waals surface area (Å²) in [4.78, 5) is 10.7. The molecule has 1 N–H and O–H groups in total. The summed E-state index contributed by atoms with van der Waals surface area (Å²) in [6.45, 7) is -0.153. The molecule has 0 amide bonds. The van der Waals surface area contributed by atoms with Gasteiger partial charge in [-0.25, -0.2) is 9.18 Å². The Labute approximate surface area is 195 Å². The van der Waals surface area contributed by atoms with Gasteiger partial charge in [0.25, 0.3) is 0 Å². The Hall–Kier alpha value is -3.72. The van der Waals surface area contributed by atoms with E-state index in [1.165, 1.54) is 6.07 Å². The standard InChI is InChI=1S/C24H16ClF4NO4/c25-17-2-6-22(33-13-15-1-3-18(26)11-20(15)24(27,28)29)16(9-17)12-30-8-7-14-10-19(34-23(31)32)4-5-21(14)30/h1-11H,12-13H2,(H,31,32). The van der Waals surface area contributed by atoms with Crippen molar-refractivity contribution in [2.45, 2.75) is 19.3 Å². The van der Waals surface area contributed by atoms with Gasteiger partial charge in [-0.15, -0.1) is 0 Å². The van der Waals surface area contributed by atoms with E-state index in [1.807, 2.05) is 4.57 Å². The number of rotatable bonds is 6. The number of carboxylic acid groups (broad SMARTS) is 1. The van der Waals surface area contributed by atoms with Gasteiger partial charge in [-0.3, -0.25) is 0 Å². The number of hydrogen-bond donors (Lipinski definition) is 1. The van der Waals surface area contributed by atoms with E-state index in [0.29, 0.717) is 22.4 Å². The zero-order chi connectivity index (χ0) is 24.5. The van der Waals surface area contributed by atoms with Crippen LogP contribution in [0, 0.1) is 5.82 Å². The number of carbonyl (C=O) groups is 1. The van der Waals surface area contributed by atoms with Gasteiger partial charge in [-0.05, 0) is 54.6 Å². The molecule has 0 aliphatic rings. The average molecular weight is 494 g/mol. The SMILES string of the molecule is O=C(O)Oc1ccc2c(ccn2Cc2cc(Cl)ccc2OCc2ccc(F)cc2C(F)(F)F)c1. The summed E-state index contributed by atoms with van der Waals surface area (Å²) < 4.78 is 65.5. The second-order valence-corrected chi connectivity index (χ2v) is 7.81. The number of nitrogens with zero attached hydrogens (tertiary/aromatic N) is 1. The van der Waals surface area contributed by atoms with Crippen LogP contribution in [0.15, 0.2) is 66.9 Å². The van der Waals surface area contributed by atoms with E-state index in [0.717, 1.165) is 23.0 Å². The molecular formula is C24H16ClF4NO4. The Morgan fingerprint density at radius 3 is 2.53 bits per heavy atom. The third kappa shape index (κ3) is 5.26. The lowest BCUT2D eigenvalue weighted by Gasteiger charge is -2.16. The molecule has 0 saturated heterocycles.